The predicted molar refractivity (Wildman–Crippen MR) is 78.9 cm³/mol. The van der Waals surface area contributed by atoms with Gasteiger partial charge >= 0.3 is 0 Å². The molecule has 1 aromatic heterocycles. The van der Waals surface area contributed by atoms with Crippen LogP contribution in [-0.4, -0.2) is 53.0 Å². The summed E-state index contributed by atoms with van der Waals surface area (Å²) in [4.78, 5) is 10.9. The molecule has 0 aromatic carbocycles. The summed E-state index contributed by atoms with van der Waals surface area (Å²) in [5.41, 5.74) is 1.64. The minimum absolute atomic E-state index is 0.250. The molecule has 1 spiro atoms. The average Bonchev–Trinajstić information content (AvgIpc) is 3.10. The van der Waals surface area contributed by atoms with Gasteiger partial charge in [0, 0.05) is 37.5 Å². The molecule has 1 saturated carbocycles. The number of nitrogens with one attached hydrogen (secondary N) is 1. The highest BCUT2D eigenvalue weighted by atomic mass is 16.5. The number of hydrogen-bond acceptors (Lipinski definition) is 4. The van der Waals surface area contributed by atoms with Gasteiger partial charge in [0.05, 0.1) is 6.10 Å². The zero-order chi connectivity index (χ0) is 15.1. The Morgan fingerprint density at radius 3 is 3.00 bits per heavy atom. The Morgan fingerprint density at radius 1 is 1.57 bits per heavy atom. The molecule has 21 heavy (non-hydrogen) atoms. The van der Waals surface area contributed by atoms with Crippen molar-refractivity contribution in [2.45, 2.75) is 44.8 Å². The normalized spacial score (nSPS) is 29.1. The van der Waals surface area contributed by atoms with Crippen molar-refractivity contribution in [3.63, 3.8) is 0 Å². The van der Waals surface area contributed by atoms with Crippen molar-refractivity contribution in [3.8, 4) is 0 Å². The van der Waals surface area contributed by atoms with E-state index in [0.717, 1.165) is 6.54 Å². The molecule has 1 aliphatic carbocycles. The Bertz CT molecular complexity index is 424. The lowest BCUT2D eigenvalue weighted by Crippen LogP contribution is -2.47. The molecule has 0 bridgehead atoms. The second-order valence-electron chi connectivity index (χ2n) is 5.98. The van der Waals surface area contributed by atoms with E-state index < -0.39 is 0 Å². The third-order valence-electron chi connectivity index (χ3n) is 4.75. The number of likely N-dealkylation sites (tertiary alicyclic amines) is 1. The molecular formula is C15H25N3O3. The minimum atomic E-state index is -0.250. The van der Waals surface area contributed by atoms with E-state index in [-0.39, 0.29) is 6.47 Å². The topological polar surface area (TPSA) is 78.5 Å². The van der Waals surface area contributed by atoms with Gasteiger partial charge in [-0.2, -0.15) is 5.10 Å². The monoisotopic (exact) mass is 295 g/mol. The van der Waals surface area contributed by atoms with E-state index in [1.165, 1.54) is 50.9 Å². The summed E-state index contributed by atoms with van der Waals surface area (Å²) in [6, 6.07) is 2.07. The standard InChI is InChI=1S/C14H23N3O.CH2O2/c1-18-13-4-2-6-14(13)7-3-9-17(11-14)10-12-5-8-15-16-12;2-1-3/h5,8,13H,2-4,6-7,9-11H2,1H3,(H,15,16);1H,(H,2,3)/t13-,14-;/m1./s1. The molecule has 1 saturated heterocycles. The van der Waals surface area contributed by atoms with Crippen LogP contribution in [0.25, 0.3) is 0 Å². The zero-order valence-corrected chi connectivity index (χ0v) is 12.6. The van der Waals surface area contributed by atoms with Crippen LogP contribution in [0.4, 0.5) is 0 Å². The van der Waals surface area contributed by atoms with E-state index in [4.69, 9.17) is 14.6 Å². The molecule has 6 heteroatoms. The van der Waals surface area contributed by atoms with Crippen LogP contribution in [0.5, 0.6) is 0 Å². The van der Waals surface area contributed by atoms with Gasteiger partial charge in [-0.3, -0.25) is 14.8 Å². The molecule has 0 amide bonds. The van der Waals surface area contributed by atoms with Crippen molar-refractivity contribution >= 4 is 6.47 Å². The van der Waals surface area contributed by atoms with Gasteiger partial charge < -0.3 is 9.84 Å². The fourth-order valence-electron chi connectivity index (χ4n) is 3.95. The zero-order valence-electron chi connectivity index (χ0n) is 12.6. The molecule has 2 atom stereocenters. The number of carboxylic acid groups (broad SMARTS) is 1. The summed E-state index contributed by atoms with van der Waals surface area (Å²) in [6.45, 7) is 3.14. The fourth-order valence-corrected chi connectivity index (χ4v) is 3.95. The van der Waals surface area contributed by atoms with Gasteiger partial charge in [-0.1, -0.05) is 6.42 Å². The molecule has 2 N–H and O–H groups in total. The first-order chi connectivity index (χ1) is 10.2. The molecule has 2 aliphatic rings. The van der Waals surface area contributed by atoms with Gasteiger partial charge in [0.2, 0.25) is 0 Å². The molecule has 1 aliphatic heterocycles. The number of aromatic amines is 1. The van der Waals surface area contributed by atoms with Crippen LogP contribution in [0.1, 0.15) is 37.8 Å². The lowest BCUT2D eigenvalue weighted by molar-refractivity contribution is -0.122. The molecule has 118 valence electrons. The third-order valence-corrected chi connectivity index (χ3v) is 4.75. The summed E-state index contributed by atoms with van der Waals surface area (Å²) in [5, 5.41) is 14.0. The molecule has 0 radical (unpaired) electrons. The first-order valence-corrected chi connectivity index (χ1v) is 7.55. The maximum Gasteiger partial charge on any atom is 0.290 e. The Balaban J connectivity index is 0.000000497. The number of hydrogen-bond donors (Lipinski definition) is 2. The van der Waals surface area contributed by atoms with Crippen molar-refractivity contribution in [2.24, 2.45) is 5.41 Å². The molecule has 3 rings (SSSR count). The van der Waals surface area contributed by atoms with E-state index in [0.29, 0.717) is 11.5 Å². The SMILES string of the molecule is CO[C@@H]1CCC[C@]12CCCN(Cc1ccn[nH]1)C2.O=CO. The number of rotatable bonds is 3. The number of piperidine rings is 1. The molecule has 2 fully saturated rings. The number of H-pyrrole nitrogens is 1. The van der Waals surface area contributed by atoms with Gasteiger partial charge in [0.1, 0.15) is 0 Å². The Morgan fingerprint density at radius 2 is 2.33 bits per heavy atom. The Labute approximate surface area is 125 Å². The van der Waals surface area contributed by atoms with Crippen LogP contribution in [0.3, 0.4) is 0 Å². The fraction of sp³-hybridized carbons (Fsp3) is 0.733. The third kappa shape index (κ3) is 3.83. The van der Waals surface area contributed by atoms with Crippen molar-refractivity contribution in [3.05, 3.63) is 18.0 Å². The number of methoxy groups -OCH3 is 1. The van der Waals surface area contributed by atoms with E-state index in [2.05, 4.69) is 21.2 Å². The van der Waals surface area contributed by atoms with Gasteiger partial charge in [-0.05, 0) is 38.3 Å². The Hall–Kier alpha value is -1.40. The number of carbonyl (C=O) groups is 1. The highest BCUT2D eigenvalue weighted by Crippen LogP contribution is 2.46. The summed E-state index contributed by atoms with van der Waals surface area (Å²) >= 11 is 0. The number of nitrogens with zero attached hydrogens (tertiary/aromatic N) is 2. The lowest BCUT2D eigenvalue weighted by atomic mass is 9.76. The van der Waals surface area contributed by atoms with Crippen LogP contribution in [-0.2, 0) is 16.1 Å². The molecule has 2 heterocycles. The van der Waals surface area contributed by atoms with Crippen molar-refractivity contribution in [1.82, 2.24) is 15.1 Å². The van der Waals surface area contributed by atoms with E-state index in [1.807, 2.05) is 13.3 Å². The van der Waals surface area contributed by atoms with Crippen LogP contribution >= 0.6 is 0 Å². The first-order valence-electron chi connectivity index (χ1n) is 7.55. The molecule has 0 unspecified atom stereocenters. The minimum Gasteiger partial charge on any atom is -0.483 e. The molecule has 6 nitrogen and oxygen atoms in total. The number of aromatic nitrogens is 2. The van der Waals surface area contributed by atoms with Crippen molar-refractivity contribution in [2.75, 3.05) is 20.2 Å². The largest absolute Gasteiger partial charge is 0.483 e. The number of ether oxygens (including phenoxy) is 1. The van der Waals surface area contributed by atoms with Crippen LogP contribution in [0.15, 0.2) is 12.3 Å². The summed E-state index contributed by atoms with van der Waals surface area (Å²) in [5.74, 6) is 0. The quantitative estimate of drug-likeness (QED) is 0.833. The lowest BCUT2D eigenvalue weighted by Gasteiger charge is -2.43. The maximum atomic E-state index is 8.36. The van der Waals surface area contributed by atoms with E-state index in [1.54, 1.807) is 0 Å². The van der Waals surface area contributed by atoms with Gasteiger partial charge in [0.15, 0.2) is 0 Å². The first kappa shape index (κ1) is 16.0. The van der Waals surface area contributed by atoms with Crippen molar-refractivity contribution in [1.29, 1.82) is 0 Å². The molecule has 1 aromatic rings. The van der Waals surface area contributed by atoms with Crippen LogP contribution in [0, 0.1) is 5.41 Å². The maximum absolute atomic E-state index is 8.36. The summed E-state index contributed by atoms with van der Waals surface area (Å²) < 4.78 is 5.74. The molecular weight excluding hydrogens is 270 g/mol. The average molecular weight is 295 g/mol. The summed E-state index contributed by atoms with van der Waals surface area (Å²) in [6.07, 6.45) is 8.86. The van der Waals surface area contributed by atoms with Crippen molar-refractivity contribution < 1.29 is 14.6 Å². The second-order valence-corrected chi connectivity index (χ2v) is 5.98. The van der Waals surface area contributed by atoms with E-state index in [9.17, 15) is 0 Å². The smallest absolute Gasteiger partial charge is 0.290 e. The van der Waals surface area contributed by atoms with Crippen LogP contribution in [0.2, 0.25) is 0 Å². The highest BCUT2D eigenvalue weighted by molar-refractivity contribution is 5.32. The predicted octanol–water partition coefficient (Wildman–Crippen LogP) is 1.89. The van der Waals surface area contributed by atoms with Gasteiger partial charge in [-0.15, -0.1) is 0 Å². The Kier molecular flexibility index (Phi) is 5.76. The van der Waals surface area contributed by atoms with Gasteiger partial charge in [-0.25, -0.2) is 0 Å². The second kappa shape index (κ2) is 7.56. The summed E-state index contributed by atoms with van der Waals surface area (Å²) in [7, 11) is 1.88. The van der Waals surface area contributed by atoms with Gasteiger partial charge in [0.25, 0.3) is 6.47 Å². The van der Waals surface area contributed by atoms with Crippen LogP contribution < -0.4 is 0 Å². The van der Waals surface area contributed by atoms with E-state index >= 15 is 0 Å². The highest BCUT2D eigenvalue weighted by Gasteiger charge is 2.45.